The van der Waals surface area contributed by atoms with E-state index in [9.17, 15) is 14.0 Å². The molecule has 0 fully saturated rings. The van der Waals surface area contributed by atoms with E-state index in [2.05, 4.69) is 10.4 Å². The van der Waals surface area contributed by atoms with Crippen molar-refractivity contribution in [2.24, 2.45) is 10.8 Å². The Labute approximate surface area is 149 Å². The molecule has 8 heteroatoms. The molecule has 26 heavy (non-hydrogen) atoms. The number of nitrogens with one attached hydrogen (secondary N) is 1. The summed E-state index contributed by atoms with van der Waals surface area (Å²) in [6, 6.07) is 12.0. The van der Waals surface area contributed by atoms with Crippen molar-refractivity contribution in [3.63, 3.8) is 0 Å². The first-order valence-corrected chi connectivity index (χ1v) is 7.85. The maximum atomic E-state index is 13.3. The van der Waals surface area contributed by atoms with Crippen LogP contribution in [-0.4, -0.2) is 30.7 Å². The predicted octanol–water partition coefficient (Wildman–Crippen LogP) is 1.89. The monoisotopic (exact) mass is 356 g/mol. The van der Waals surface area contributed by atoms with Gasteiger partial charge >= 0.3 is 0 Å². The van der Waals surface area contributed by atoms with Crippen LogP contribution >= 0.6 is 0 Å². The van der Waals surface area contributed by atoms with E-state index in [1.807, 2.05) is 6.07 Å². The van der Waals surface area contributed by atoms with Crippen LogP contribution in [0, 0.1) is 5.82 Å². The van der Waals surface area contributed by atoms with Gasteiger partial charge < -0.3 is 15.8 Å². The van der Waals surface area contributed by atoms with Crippen LogP contribution in [0.2, 0.25) is 0 Å². The van der Waals surface area contributed by atoms with E-state index in [1.54, 1.807) is 24.3 Å². The molecule has 0 saturated heterocycles. The number of rotatable bonds is 5. The van der Waals surface area contributed by atoms with Gasteiger partial charge in [0, 0.05) is 12.5 Å². The van der Waals surface area contributed by atoms with Gasteiger partial charge in [0.25, 0.3) is 5.91 Å². The normalized spacial score (nSPS) is 16.2. The van der Waals surface area contributed by atoms with Crippen LogP contribution in [0.25, 0.3) is 0 Å². The smallest absolute Gasteiger partial charge is 0.272 e. The van der Waals surface area contributed by atoms with Gasteiger partial charge in [0.1, 0.15) is 23.3 Å². The second-order valence-corrected chi connectivity index (χ2v) is 5.65. The molecule has 0 spiro atoms. The zero-order chi connectivity index (χ0) is 18.7. The minimum absolute atomic E-state index is 0.0690. The van der Waals surface area contributed by atoms with Crippen LogP contribution < -0.4 is 20.8 Å². The lowest BCUT2D eigenvalue weighted by atomic mass is 10.1. The Kier molecular flexibility index (Phi) is 4.83. The second kappa shape index (κ2) is 7.22. The largest absolute Gasteiger partial charge is 0.494 e. The molecule has 1 aliphatic heterocycles. The van der Waals surface area contributed by atoms with E-state index in [0.717, 1.165) is 6.07 Å². The zero-order valence-electron chi connectivity index (χ0n) is 14.0. The van der Waals surface area contributed by atoms with Gasteiger partial charge in [-0.3, -0.25) is 14.6 Å². The van der Waals surface area contributed by atoms with Crippen LogP contribution in [0.1, 0.15) is 6.42 Å². The number of primary amides is 1. The average Bonchev–Trinajstić information content (AvgIpc) is 3.10. The first-order chi connectivity index (χ1) is 12.5. The Morgan fingerprint density at radius 2 is 2.00 bits per heavy atom. The number of halogens is 1. The number of hydrogen-bond acceptors (Lipinski definition) is 5. The van der Waals surface area contributed by atoms with Crippen molar-refractivity contribution in [2.75, 3.05) is 17.4 Å². The topological polar surface area (TPSA) is 97.0 Å². The summed E-state index contributed by atoms with van der Waals surface area (Å²) in [6.45, 7) is 0. The van der Waals surface area contributed by atoms with E-state index in [4.69, 9.17) is 10.5 Å². The fourth-order valence-electron chi connectivity index (χ4n) is 2.65. The first kappa shape index (κ1) is 17.4. The van der Waals surface area contributed by atoms with E-state index in [0.29, 0.717) is 11.4 Å². The third-order valence-electron chi connectivity index (χ3n) is 3.93. The molecule has 1 atom stereocenters. The Morgan fingerprint density at radius 1 is 1.27 bits per heavy atom. The minimum atomic E-state index is -0.756. The Bertz CT molecular complexity index is 870. The summed E-state index contributed by atoms with van der Waals surface area (Å²) < 4.78 is 18.3. The number of hydrazone groups is 1. The van der Waals surface area contributed by atoms with Gasteiger partial charge in [-0.2, -0.15) is 5.10 Å². The third kappa shape index (κ3) is 3.49. The summed E-state index contributed by atoms with van der Waals surface area (Å²) in [5.41, 5.74) is 6.55. The predicted molar refractivity (Wildman–Crippen MR) is 95.5 cm³/mol. The Balaban J connectivity index is 1.84. The maximum absolute atomic E-state index is 13.3. The molecule has 7 nitrogen and oxygen atoms in total. The maximum Gasteiger partial charge on any atom is 0.272 e. The Morgan fingerprint density at radius 3 is 2.65 bits per heavy atom. The quantitative estimate of drug-likeness (QED) is 0.855. The number of ether oxygens (including phenoxy) is 1. The van der Waals surface area contributed by atoms with Crippen molar-refractivity contribution in [1.29, 1.82) is 0 Å². The summed E-state index contributed by atoms with van der Waals surface area (Å²) >= 11 is 0. The molecule has 2 amide bonds. The number of nitrogens with two attached hydrogens (primary N) is 1. The molecule has 3 rings (SSSR count). The lowest BCUT2D eigenvalue weighted by Gasteiger charge is -2.20. The third-order valence-corrected chi connectivity index (χ3v) is 3.93. The number of carbonyl (C=O) groups is 2. The molecule has 2 aromatic rings. The molecular formula is C18H17FN4O3. The molecule has 0 aliphatic carbocycles. The van der Waals surface area contributed by atoms with Crippen molar-refractivity contribution < 1.29 is 18.7 Å². The van der Waals surface area contributed by atoms with Crippen LogP contribution in [0.3, 0.4) is 0 Å². The standard InChI is InChI=1S/C18H17FN4O3/c1-26-16-9-11(19)7-8-13(16)21-18(25)14-10-15(17(20)24)23(22-14)12-5-3-2-4-6-12/h2-9,15H,10H2,1H3,(H2,20,24)(H,21,25). The van der Waals surface area contributed by atoms with Gasteiger partial charge in [-0.05, 0) is 24.3 Å². The fraction of sp³-hybridized carbons (Fsp3) is 0.167. The highest BCUT2D eigenvalue weighted by molar-refractivity contribution is 6.44. The lowest BCUT2D eigenvalue weighted by molar-refractivity contribution is -0.119. The molecule has 0 aromatic heterocycles. The molecule has 134 valence electrons. The van der Waals surface area contributed by atoms with Crippen molar-refractivity contribution in [2.45, 2.75) is 12.5 Å². The number of benzene rings is 2. The molecule has 1 unspecified atom stereocenters. The molecule has 0 bridgehead atoms. The van der Waals surface area contributed by atoms with Gasteiger partial charge in [0.05, 0.1) is 18.5 Å². The number of amides is 2. The van der Waals surface area contributed by atoms with Crippen LogP contribution in [0.4, 0.5) is 15.8 Å². The molecule has 1 aliphatic rings. The lowest BCUT2D eigenvalue weighted by Crippen LogP contribution is -2.39. The number of anilines is 2. The second-order valence-electron chi connectivity index (χ2n) is 5.65. The summed E-state index contributed by atoms with van der Waals surface area (Å²) in [5, 5.41) is 8.30. The van der Waals surface area contributed by atoms with Crippen molar-refractivity contribution >= 4 is 28.9 Å². The minimum Gasteiger partial charge on any atom is -0.494 e. The van der Waals surface area contributed by atoms with Crippen molar-refractivity contribution in [3.8, 4) is 5.75 Å². The highest BCUT2D eigenvalue weighted by atomic mass is 19.1. The van der Waals surface area contributed by atoms with Crippen LogP contribution in [-0.2, 0) is 9.59 Å². The summed E-state index contributed by atoms with van der Waals surface area (Å²) in [4.78, 5) is 24.3. The summed E-state index contributed by atoms with van der Waals surface area (Å²) in [6.07, 6.45) is 0.0690. The average molecular weight is 356 g/mol. The van der Waals surface area contributed by atoms with E-state index < -0.39 is 23.7 Å². The zero-order valence-corrected chi connectivity index (χ0v) is 14.0. The van der Waals surface area contributed by atoms with Gasteiger partial charge in [-0.1, -0.05) is 18.2 Å². The number of para-hydroxylation sites is 1. The Hall–Kier alpha value is -3.42. The van der Waals surface area contributed by atoms with Gasteiger partial charge in [-0.15, -0.1) is 0 Å². The number of carbonyl (C=O) groups excluding carboxylic acids is 2. The van der Waals surface area contributed by atoms with Crippen LogP contribution in [0.15, 0.2) is 53.6 Å². The van der Waals surface area contributed by atoms with E-state index in [-0.39, 0.29) is 17.9 Å². The fourth-order valence-corrected chi connectivity index (χ4v) is 2.65. The van der Waals surface area contributed by atoms with E-state index in [1.165, 1.54) is 24.3 Å². The van der Waals surface area contributed by atoms with Gasteiger partial charge in [-0.25, -0.2) is 4.39 Å². The highest BCUT2D eigenvalue weighted by Crippen LogP contribution is 2.27. The summed E-state index contributed by atoms with van der Waals surface area (Å²) in [5.74, 6) is -1.40. The van der Waals surface area contributed by atoms with Crippen molar-refractivity contribution in [1.82, 2.24) is 0 Å². The summed E-state index contributed by atoms with van der Waals surface area (Å²) in [7, 11) is 1.37. The molecule has 3 N–H and O–H groups in total. The SMILES string of the molecule is COc1cc(F)ccc1NC(=O)C1=NN(c2ccccc2)C(C(N)=O)C1. The highest BCUT2D eigenvalue weighted by Gasteiger charge is 2.35. The number of nitrogens with zero attached hydrogens (tertiary/aromatic N) is 2. The van der Waals surface area contributed by atoms with Crippen LogP contribution in [0.5, 0.6) is 5.75 Å². The molecule has 0 saturated carbocycles. The number of hydrogen-bond donors (Lipinski definition) is 2. The molecule has 2 aromatic carbocycles. The van der Waals surface area contributed by atoms with Gasteiger partial charge in [0.2, 0.25) is 5.91 Å². The number of methoxy groups -OCH3 is 1. The van der Waals surface area contributed by atoms with E-state index >= 15 is 0 Å². The molecule has 0 radical (unpaired) electrons. The molecule has 1 heterocycles. The first-order valence-electron chi connectivity index (χ1n) is 7.85. The van der Waals surface area contributed by atoms with Gasteiger partial charge in [0.15, 0.2) is 0 Å². The van der Waals surface area contributed by atoms with Crippen molar-refractivity contribution in [3.05, 3.63) is 54.3 Å². The molecular weight excluding hydrogens is 339 g/mol.